The molecule has 1 amide bonds. The smallest absolute Gasteiger partial charge is 0.258 e. The van der Waals surface area contributed by atoms with Gasteiger partial charge in [0.2, 0.25) is 0 Å². The number of amides is 1. The molecule has 6 heteroatoms. The van der Waals surface area contributed by atoms with Gasteiger partial charge in [0.1, 0.15) is 0 Å². The van der Waals surface area contributed by atoms with Crippen molar-refractivity contribution in [2.24, 2.45) is 0 Å². The van der Waals surface area contributed by atoms with Gasteiger partial charge in [0.05, 0.1) is 15.6 Å². The highest BCUT2D eigenvalue weighted by atomic mass is 35.5. The first kappa shape index (κ1) is 20.6. The molecule has 0 aliphatic carbocycles. The maximum absolute atomic E-state index is 12.6. The Labute approximate surface area is 165 Å². The van der Waals surface area contributed by atoms with Crippen LogP contribution in [0.5, 0.6) is 0 Å². The summed E-state index contributed by atoms with van der Waals surface area (Å²) in [6, 6.07) is 8.10. The molecule has 1 fully saturated rings. The summed E-state index contributed by atoms with van der Waals surface area (Å²) in [5.74, 6) is -0.366. The summed E-state index contributed by atoms with van der Waals surface area (Å²) in [6.45, 7) is 7.52. The van der Waals surface area contributed by atoms with Crippen LogP contribution in [-0.4, -0.2) is 37.0 Å². The summed E-state index contributed by atoms with van der Waals surface area (Å²) in [6.07, 6.45) is 5.23. The van der Waals surface area contributed by atoms with E-state index in [-0.39, 0.29) is 21.5 Å². The lowest BCUT2D eigenvalue weighted by Gasteiger charge is -2.30. The molecular weight excluding hydrogens is 369 g/mol. The molecule has 1 heterocycles. The minimum Gasteiger partial charge on any atom is -0.382 e. The summed E-state index contributed by atoms with van der Waals surface area (Å²) >= 11 is 12.2. The lowest BCUT2D eigenvalue weighted by atomic mass is 10.1. The number of nitrogens with zero attached hydrogens (tertiary/aromatic N) is 1. The van der Waals surface area contributed by atoms with Crippen LogP contribution in [0.3, 0.4) is 0 Å². The zero-order valence-electron chi connectivity index (χ0n) is 15.2. The first-order valence-electron chi connectivity index (χ1n) is 8.65. The number of hydrogen-bond acceptors (Lipinski definition) is 3. The molecule has 0 spiro atoms. The van der Waals surface area contributed by atoms with E-state index < -0.39 is 0 Å². The molecule has 140 valence electrons. The lowest BCUT2D eigenvalue weighted by Crippen LogP contribution is -2.36. The molecule has 1 saturated heterocycles. The molecule has 2 rings (SSSR count). The fourth-order valence-electron chi connectivity index (χ4n) is 2.85. The lowest BCUT2D eigenvalue weighted by molar-refractivity contribution is -0.112. The molecular formula is C20H25Cl2N3O. The number of hydrogen-bond donors (Lipinski definition) is 2. The van der Waals surface area contributed by atoms with E-state index in [0.29, 0.717) is 11.7 Å². The summed E-state index contributed by atoms with van der Waals surface area (Å²) in [5.41, 5.74) is 1.87. The molecule has 1 aromatic rings. The predicted octanol–water partition coefficient (Wildman–Crippen LogP) is 4.95. The van der Waals surface area contributed by atoms with Gasteiger partial charge < -0.3 is 15.5 Å². The van der Waals surface area contributed by atoms with Crippen molar-refractivity contribution in [2.75, 3.05) is 30.8 Å². The summed E-state index contributed by atoms with van der Waals surface area (Å²) < 4.78 is 0. The largest absolute Gasteiger partial charge is 0.382 e. The Kier molecular flexibility index (Phi) is 7.76. The Morgan fingerprint density at radius 2 is 1.92 bits per heavy atom. The molecule has 2 N–H and O–H groups in total. The van der Waals surface area contributed by atoms with Gasteiger partial charge in [0.25, 0.3) is 5.91 Å². The van der Waals surface area contributed by atoms with Crippen molar-refractivity contribution in [1.82, 2.24) is 4.90 Å². The molecule has 1 aromatic carbocycles. The van der Waals surface area contributed by atoms with E-state index in [9.17, 15) is 4.79 Å². The number of rotatable bonds is 6. The summed E-state index contributed by atoms with van der Waals surface area (Å²) in [5, 5.41) is 6.90. The number of benzene rings is 1. The van der Waals surface area contributed by atoms with Gasteiger partial charge in [0, 0.05) is 17.4 Å². The van der Waals surface area contributed by atoms with Crippen LogP contribution < -0.4 is 10.6 Å². The van der Waals surface area contributed by atoms with Gasteiger partial charge >= 0.3 is 0 Å². The summed E-state index contributed by atoms with van der Waals surface area (Å²) in [7, 11) is 2.14. The van der Waals surface area contributed by atoms with E-state index in [1.807, 2.05) is 24.3 Å². The monoisotopic (exact) mass is 393 g/mol. The average molecular weight is 394 g/mol. The third-order valence-corrected chi connectivity index (χ3v) is 5.10. The Hall–Kier alpha value is -1.75. The summed E-state index contributed by atoms with van der Waals surface area (Å²) in [4.78, 5) is 14.9. The quantitative estimate of drug-likeness (QED) is 0.530. The maximum atomic E-state index is 12.6. The van der Waals surface area contributed by atoms with Crippen LogP contribution in [0, 0.1) is 0 Å². The van der Waals surface area contributed by atoms with Gasteiger partial charge in [-0.05, 0) is 64.2 Å². The van der Waals surface area contributed by atoms with Crippen LogP contribution in [0.15, 0.2) is 58.6 Å². The SMILES string of the molecule is C=C/C(Cl)=C(C(=O)Nc1cccc(NC2CCN(C)CC2)c1)\C(Cl)=C/C. The van der Waals surface area contributed by atoms with Gasteiger partial charge in [0.15, 0.2) is 0 Å². The number of piperidine rings is 1. The normalized spacial score (nSPS) is 17.5. The number of likely N-dealkylation sites (tertiary alicyclic amines) is 1. The van der Waals surface area contributed by atoms with Crippen molar-refractivity contribution in [1.29, 1.82) is 0 Å². The van der Waals surface area contributed by atoms with Gasteiger partial charge in [-0.25, -0.2) is 0 Å². The molecule has 0 unspecified atom stereocenters. The number of allylic oxidation sites excluding steroid dienone is 3. The number of carbonyl (C=O) groups is 1. The topological polar surface area (TPSA) is 44.4 Å². The second-order valence-corrected chi connectivity index (χ2v) is 7.13. The molecule has 0 saturated carbocycles. The Balaban J connectivity index is 2.10. The molecule has 26 heavy (non-hydrogen) atoms. The number of nitrogens with one attached hydrogen (secondary N) is 2. The Bertz CT molecular complexity index is 720. The number of halogens is 2. The van der Waals surface area contributed by atoms with Crippen molar-refractivity contribution in [3.8, 4) is 0 Å². The van der Waals surface area contributed by atoms with E-state index in [2.05, 4.69) is 29.2 Å². The highest BCUT2D eigenvalue weighted by Crippen LogP contribution is 2.25. The van der Waals surface area contributed by atoms with E-state index in [0.717, 1.165) is 31.6 Å². The second kappa shape index (κ2) is 9.81. The van der Waals surface area contributed by atoms with Gasteiger partial charge in [-0.15, -0.1) is 0 Å². The fraction of sp³-hybridized carbons (Fsp3) is 0.350. The molecule has 0 atom stereocenters. The van der Waals surface area contributed by atoms with Gasteiger partial charge in [-0.3, -0.25) is 4.79 Å². The van der Waals surface area contributed by atoms with Crippen LogP contribution in [-0.2, 0) is 4.79 Å². The van der Waals surface area contributed by atoms with Crippen molar-refractivity contribution in [3.05, 3.63) is 58.6 Å². The standard InChI is InChI=1S/C20H25Cl2N3O/c1-4-17(21)19(18(22)5-2)20(26)24-16-8-6-7-15(13-16)23-14-9-11-25(3)12-10-14/h4-8,13-14,23H,1,9-12H2,2-3H3,(H,24,26)/b18-5+,19-17-. The van der Waals surface area contributed by atoms with Crippen LogP contribution >= 0.6 is 23.2 Å². The van der Waals surface area contributed by atoms with E-state index in [1.165, 1.54) is 6.08 Å². The molecule has 0 aromatic heterocycles. The van der Waals surface area contributed by atoms with Crippen molar-refractivity contribution < 1.29 is 4.79 Å². The zero-order valence-corrected chi connectivity index (χ0v) is 16.7. The van der Waals surface area contributed by atoms with E-state index >= 15 is 0 Å². The van der Waals surface area contributed by atoms with Crippen LogP contribution in [0.4, 0.5) is 11.4 Å². The molecule has 0 radical (unpaired) electrons. The van der Waals surface area contributed by atoms with Crippen LogP contribution in [0.2, 0.25) is 0 Å². The van der Waals surface area contributed by atoms with Gasteiger partial charge in [-0.2, -0.15) is 0 Å². The third-order valence-electron chi connectivity index (χ3n) is 4.35. The van der Waals surface area contributed by atoms with Crippen LogP contribution in [0.25, 0.3) is 0 Å². The number of carbonyl (C=O) groups excluding carboxylic acids is 1. The van der Waals surface area contributed by atoms with E-state index in [1.54, 1.807) is 13.0 Å². The van der Waals surface area contributed by atoms with Crippen molar-refractivity contribution in [2.45, 2.75) is 25.8 Å². The van der Waals surface area contributed by atoms with Crippen LogP contribution in [0.1, 0.15) is 19.8 Å². The second-order valence-electron chi connectivity index (χ2n) is 6.32. The fourth-order valence-corrected chi connectivity index (χ4v) is 3.27. The minimum absolute atomic E-state index is 0.208. The minimum atomic E-state index is -0.366. The van der Waals surface area contributed by atoms with Crippen molar-refractivity contribution in [3.63, 3.8) is 0 Å². The van der Waals surface area contributed by atoms with Gasteiger partial charge in [-0.1, -0.05) is 41.9 Å². The highest BCUT2D eigenvalue weighted by Gasteiger charge is 2.18. The first-order valence-corrected chi connectivity index (χ1v) is 9.41. The predicted molar refractivity (Wildman–Crippen MR) is 112 cm³/mol. The Morgan fingerprint density at radius 3 is 2.54 bits per heavy atom. The molecule has 1 aliphatic rings. The average Bonchev–Trinajstić information content (AvgIpc) is 2.63. The third kappa shape index (κ3) is 5.63. The first-order chi connectivity index (χ1) is 12.4. The van der Waals surface area contributed by atoms with Crippen molar-refractivity contribution >= 4 is 40.5 Å². The maximum Gasteiger partial charge on any atom is 0.258 e. The zero-order chi connectivity index (χ0) is 19.1. The molecule has 1 aliphatic heterocycles. The molecule has 4 nitrogen and oxygen atoms in total. The highest BCUT2D eigenvalue weighted by molar-refractivity contribution is 6.41. The van der Waals surface area contributed by atoms with E-state index in [4.69, 9.17) is 23.2 Å². The molecule has 0 bridgehead atoms. The number of anilines is 2. The Morgan fingerprint density at radius 1 is 1.27 bits per heavy atom.